The largest absolute Gasteiger partial charge is 0.344 e. The Morgan fingerprint density at radius 1 is 0.826 bits per heavy atom. The molecule has 0 aliphatic carbocycles. The minimum absolute atomic E-state index is 0.981. The van der Waals surface area contributed by atoms with E-state index in [-0.39, 0.29) is 0 Å². The zero-order chi connectivity index (χ0) is 15.6. The molecule has 112 valence electrons. The Morgan fingerprint density at radius 3 is 2.43 bits per heavy atom. The number of nitrogens with one attached hydrogen (secondary N) is 1. The fourth-order valence-corrected chi connectivity index (χ4v) is 2.96. The summed E-state index contributed by atoms with van der Waals surface area (Å²) in [5.41, 5.74) is 7.59. The Hall–Kier alpha value is -3.07. The number of benzene rings is 3. The third-order valence-electron chi connectivity index (χ3n) is 4.12. The van der Waals surface area contributed by atoms with Gasteiger partial charge in [-0.05, 0) is 35.9 Å². The SMILES string of the molecule is Cn1c2ccccc2c2cc(C=NNc3ccccc3)ccc21. The van der Waals surface area contributed by atoms with Crippen LogP contribution >= 0.6 is 0 Å². The van der Waals surface area contributed by atoms with Crippen LogP contribution in [0.3, 0.4) is 0 Å². The average Bonchev–Trinajstić information content (AvgIpc) is 2.89. The first-order chi connectivity index (χ1) is 11.3. The summed E-state index contributed by atoms with van der Waals surface area (Å²) in [5, 5.41) is 6.85. The number of para-hydroxylation sites is 2. The maximum absolute atomic E-state index is 4.32. The van der Waals surface area contributed by atoms with Gasteiger partial charge in [0.05, 0.1) is 11.9 Å². The monoisotopic (exact) mass is 299 g/mol. The fraction of sp³-hybridized carbons (Fsp3) is 0.0500. The topological polar surface area (TPSA) is 29.3 Å². The van der Waals surface area contributed by atoms with E-state index >= 15 is 0 Å². The number of rotatable bonds is 3. The van der Waals surface area contributed by atoms with Gasteiger partial charge in [-0.15, -0.1) is 0 Å². The molecule has 4 rings (SSSR count). The lowest BCUT2D eigenvalue weighted by atomic mass is 10.1. The van der Waals surface area contributed by atoms with Crippen molar-refractivity contribution in [2.45, 2.75) is 0 Å². The predicted molar refractivity (Wildman–Crippen MR) is 98.1 cm³/mol. The van der Waals surface area contributed by atoms with Gasteiger partial charge in [0.25, 0.3) is 0 Å². The summed E-state index contributed by atoms with van der Waals surface area (Å²) in [7, 11) is 2.11. The Kier molecular flexibility index (Phi) is 3.31. The molecule has 0 aliphatic heterocycles. The fourth-order valence-electron chi connectivity index (χ4n) is 2.96. The third-order valence-corrected chi connectivity index (χ3v) is 4.12. The number of hydrazone groups is 1. The number of hydrogen-bond donors (Lipinski definition) is 1. The van der Waals surface area contributed by atoms with E-state index in [1.807, 2.05) is 36.5 Å². The number of anilines is 1. The van der Waals surface area contributed by atoms with Gasteiger partial charge in [-0.25, -0.2) is 0 Å². The molecule has 3 nitrogen and oxygen atoms in total. The number of aromatic nitrogens is 1. The van der Waals surface area contributed by atoms with Crippen molar-refractivity contribution in [1.82, 2.24) is 4.57 Å². The van der Waals surface area contributed by atoms with Crippen LogP contribution in [0, 0.1) is 0 Å². The normalized spacial score (nSPS) is 11.5. The van der Waals surface area contributed by atoms with Crippen LogP contribution in [0.15, 0.2) is 77.9 Å². The predicted octanol–water partition coefficient (Wildman–Crippen LogP) is 4.78. The second kappa shape index (κ2) is 5.61. The number of hydrogen-bond acceptors (Lipinski definition) is 2. The highest BCUT2D eigenvalue weighted by molar-refractivity contribution is 6.09. The maximum Gasteiger partial charge on any atom is 0.0561 e. The van der Waals surface area contributed by atoms with E-state index in [2.05, 4.69) is 64.6 Å². The molecule has 3 aromatic carbocycles. The van der Waals surface area contributed by atoms with E-state index in [1.54, 1.807) is 0 Å². The Bertz CT molecular complexity index is 997. The molecule has 23 heavy (non-hydrogen) atoms. The molecule has 4 aromatic rings. The number of fused-ring (bicyclic) bond motifs is 3. The molecule has 1 aromatic heterocycles. The lowest BCUT2D eigenvalue weighted by Crippen LogP contribution is -1.90. The van der Waals surface area contributed by atoms with Crippen molar-refractivity contribution in [3.05, 3.63) is 78.4 Å². The third kappa shape index (κ3) is 2.46. The molecule has 1 heterocycles. The summed E-state index contributed by atoms with van der Waals surface area (Å²) in [4.78, 5) is 0. The van der Waals surface area contributed by atoms with Crippen LogP contribution in [0.1, 0.15) is 5.56 Å². The van der Waals surface area contributed by atoms with Crippen molar-refractivity contribution < 1.29 is 0 Å². The number of nitrogens with zero attached hydrogens (tertiary/aromatic N) is 2. The minimum Gasteiger partial charge on any atom is -0.344 e. The van der Waals surface area contributed by atoms with Gasteiger partial charge in [0.15, 0.2) is 0 Å². The van der Waals surface area contributed by atoms with Crippen LogP contribution in [-0.4, -0.2) is 10.8 Å². The van der Waals surface area contributed by atoms with Gasteiger partial charge < -0.3 is 4.57 Å². The van der Waals surface area contributed by atoms with E-state index in [9.17, 15) is 0 Å². The van der Waals surface area contributed by atoms with Crippen LogP contribution in [0.2, 0.25) is 0 Å². The average molecular weight is 299 g/mol. The first-order valence-corrected chi connectivity index (χ1v) is 7.64. The standard InChI is InChI=1S/C20H17N3/c1-23-19-10-6-5-9-17(19)18-13-15(11-12-20(18)23)14-21-22-16-7-3-2-4-8-16/h2-14,22H,1H3. The van der Waals surface area contributed by atoms with Gasteiger partial charge in [-0.1, -0.05) is 42.5 Å². The van der Waals surface area contributed by atoms with Crippen molar-refractivity contribution in [3.63, 3.8) is 0 Å². The van der Waals surface area contributed by atoms with E-state index in [1.165, 1.54) is 21.8 Å². The van der Waals surface area contributed by atoms with Crippen molar-refractivity contribution >= 4 is 33.7 Å². The second-order valence-corrected chi connectivity index (χ2v) is 5.59. The van der Waals surface area contributed by atoms with Gasteiger partial charge in [0.1, 0.15) is 0 Å². The maximum atomic E-state index is 4.32. The van der Waals surface area contributed by atoms with E-state index < -0.39 is 0 Å². The summed E-state index contributed by atoms with van der Waals surface area (Å²) in [6, 6.07) is 24.9. The quantitative estimate of drug-likeness (QED) is 0.428. The van der Waals surface area contributed by atoms with Crippen LogP contribution in [0.5, 0.6) is 0 Å². The molecular formula is C20H17N3. The molecule has 1 N–H and O–H groups in total. The molecule has 0 spiro atoms. The van der Waals surface area contributed by atoms with Crippen LogP contribution in [0.25, 0.3) is 21.8 Å². The molecule has 0 radical (unpaired) electrons. The zero-order valence-corrected chi connectivity index (χ0v) is 12.9. The van der Waals surface area contributed by atoms with Crippen LogP contribution < -0.4 is 5.43 Å². The summed E-state index contributed by atoms with van der Waals surface area (Å²) < 4.78 is 2.23. The van der Waals surface area contributed by atoms with Crippen LogP contribution in [-0.2, 0) is 7.05 Å². The number of aryl methyl sites for hydroxylation is 1. The Labute approximate surface area is 134 Å². The minimum atomic E-state index is 0.981. The molecule has 0 aliphatic rings. The summed E-state index contributed by atoms with van der Waals surface area (Å²) >= 11 is 0. The second-order valence-electron chi connectivity index (χ2n) is 5.59. The molecular weight excluding hydrogens is 282 g/mol. The molecule has 0 atom stereocenters. The van der Waals surface area contributed by atoms with Crippen LogP contribution in [0.4, 0.5) is 5.69 Å². The molecule has 0 fully saturated rings. The first kappa shape index (κ1) is 13.6. The lowest BCUT2D eigenvalue weighted by molar-refractivity contribution is 1.01. The van der Waals surface area contributed by atoms with E-state index in [0.29, 0.717) is 0 Å². The smallest absolute Gasteiger partial charge is 0.0561 e. The van der Waals surface area contributed by atoms with Gasteiger partial charge in [0.2, 0.25) is 0 Å². The first-order valence-electron chi connectivity index (χ1n) is 7.64. The lowest BCUT2D eigenvalue weighted by Gasteiger charge is -2.00. The molecule has 0 amide bonds. The summed E-state index contributed by atoms with van der Waals surface area (Å²) in [5.74, 6) is 0. The molecule has 0 bridgehead atoms. The highest BCUT2D eigenvalue weighted by Crippen LogP contribution is 2.28. The zero-order valence-electron chi connectivity index (χ0n) is 12.9. The van der Waals surface area contributed by atoms with Crippen molar-refractivity contribution in [3.8, 4) is 0 Å². The van der Waals surface area contributed by atoms with Crippen molar-refractivity contribution in [2.24, 2.45) is 12.1 Å². The molecule has 0 saturated carbocycles. The van der Waals surface area contributed by atoms with Gasteiger partial charge in [-0.3, -0.25) is 5.43 Å². The van der Waals surface area contributed by atoms with Gasteiger partial charge >= 0.3 is 0 Å². The molecule has 0 unspecified atom stereocenters. The highest BCUT2D eigenvalue weighted by Gasteiger charge is 2.07. The van der Waals surface area contributed by atoms with Crippen molar-refractivity contribution in [1.29, 1.82) is 0 Å². The summed E-state index contributed by atoms with van der Waals surface area (Å²) in [6.45, 7) is 0. The van der Waals surface area contributed by atoms with E-state index in [4.69, 9.17) is 0 Å². The Balaban J connectivity index is 1.70. The highest BCUT2D eigenvalue weighted by atomic mass is 15.3. The molecule has 3 heteroatoms. The summed E-state index contributed by atoms with van der Waals surface area (Å²) in [6.07, 6.45) is 1.86. The Morgan fingerprint density at radius 2 is 1.57 bits per heavy atom. The van der Waals surface area contributed by atoms with Crippen molar-refractivity contribution in [2.75, 3.05) is 5.43 Å². The van der Waals surface area contributed by atoms with Gasteiger partial charge in [-0.2, -0.15) is 5.10 Å². The molecule has 0 saturated heterocycles. The van der Waals surface area contributed by atoms with E-state index in [0.717, 1.165) is 11.3 Å². The van der Waals surface area contributed by atoms with Gasteiger partial charge in [0, 0.05) is 28.9 Å².